The van der Waals surface area contributed by atoms with E-state index in [9.17, 15) is 4.79 Å². The summed E-state index contributed by atoms with van der Waals surface area (Å²) in [6.07, 6.45) is 0. The van der Waals surface area contributed by atoms with Crippen molar-refractivity contribution >= 4 is 5.91 Å². The number of carbonyl (C=O) groups excluding carboxylic acids is 1. The van der Waals surface area contributed by atoms with Gasteiger partial charge in [0.25, 0.3) is 0 Å². The Morgan fingerprint density at radius 3 is 2.81 bits per heavy atom. The number of rotatable bonds is 5. The normalized spacial score (nSPS) is 12.2. The minimum atomic E-state index is -0.152. The molecule has 0 radical (unpaired) electrons. The van der Waals surface area contributed by atoms with E-state index in [0.717, 1.165) is 6.54 Å². The molecule has 0 aliphatic heterocycles. The van der Waals surface area contributed by atoms with Crippen molar-refractivity contribution in [3.05, 3.63) is 35.4 Å². The van der Waals surface area contributed by atoms with Crippen LogP contribution in [0.5, 0.6) is 0 Å². The molecule has 16 heavy (non-hydrogen) atoms. The van der Waals surface area contributed by atoms with Crippen LogP contribution in [0.1, 0.15) is 25.0 Å². The third-order valence-corrected chi connectivity index (χ3v) is 2.44. The molecule has 0 saturated heterocycles. The first-order valence-electron chi connectivity index (χ1n) is 5.70. The molecule has 0 aromatic heterocycles. The summed E-state index contributed by atoms with van der Waals surface area (Å²) in [4.78, 5) is 11.5. The van der Waals surface area contributed by atoms with E-state index in [2.05, 4.69) is 35.8 Å². The van der Waals surface area contributed by atoms with Crippen LogP contribution in [0.25, 0.3) is 0 Å². The summed E-state index contributed by atoms with van der Waals surface area (Å²) in [6.45, 7) is 7.26. The molecule has 1 aromatic rings. The summed E-state index contributed by atoms with van der Waals surface area (Å²) in [5.41, 5.74) is 2.45. The molecule has 0 saturated carbocycles. The zero-order valence-corrected chi connectivity index (χ0v) is 10.2. The summed E-state index contributed by atoms with van der Waals surface area (Å²) in [7, 11) is 0. The number of aryl methyl sites for hydroxylation is 1. The molecule has 2 N–H and O–H groups in total. The Hall–Kier alpha value is -1.35. The second kappa shape index (κ2) is 6.28. The molecule has 0 fully saturated rings. The minimum absolute atomic E-state index is 0.0511. The largest absolute Gasteiger partial charge is 0.355 e. The number of carbonyl (C=O) groups is 1. The highest BCUT2D eigenvalue weighted by Gasteiger charge is 2.10. The summed E-state index contributed by atoms with van der Waals surface area (Å²) in [6, 6.07) is 8.13. The number of amides is 1. The second-order valence-electron chi connectivity index (χ2n) is 3.99. The number of nitrogens with one attached hydrogen (secondary N) is 2. The second-order valence-corrected chi connectivity index (χ2v) is 3.99. The average Bonchev–Trinajstić information content (AvgIpc) is 2.26. The quantitative estimate of drug-likeness (QED) is 0.791. The van der Waals surface area contributed by atoms with Crippen LogP contribution < -0.4 is 10.6 Å². The van der Waals surface area contributed by atoms with Crippen LogP contribution in [0.3, 0.4) is 0 Å². The van der Waals surface area contributed by atoms with Crippen LogP contribution in [0, 0.1) is 6.92 Å². The van der Waals surface area contributed by atoms with Crippen molar-refractivity contribution in [2.45, 2.75) is 33.4 Å². The smallest absolute Gasteiger partial charge is 0.236 e. The monoisotopic (exact) mass is 220 g/mol. The third-order valence-electron chi connectivity index (χ3n) is 2.44. The Labute approximate surface area is 97.2 Å². The zero-order chi connectivity index (χ0) is 12.0. The van der Waals surface area contributed by atoms with E-state index in [1.807, 2.05) is 19.9 Å². The molecule has 1 rings (SSSR count). The van der Waals surface area contributed by atoms with Crippen molar-refractivity contribution < 1.29 is 4.79 Å². The van der Waals surface area contributed by atoms with Crippen molar-refractivity contribution in [2.75, 3.05) is 6.54 Å². The molecule has 0 spiro atoms. The molecule has 0 aliphatic rings. The highest BCUT2D eigenvalue weighted by atomic mass is 16.2. The SMILES string of the molecule is CCNC(=O)C(C)NCc1cccc(C)c1. The van der Waals surface area contributed by atoms with E-state index in [0.29, 0.717) is 6.54 Å². The Morgan fingerprint density at radius 2 is 2.19 bits per heavy atom. The van der Waals surface area contributed by atoms with Gasteiger partial charge in [0.05, 0.1) is 6.04 Å². The topological polar surface area (TPSA) is 41.1 Å². The Bertz CT molecular complexity index is 350. The first kappa shape index (κ1) is 12.7. The fourth-order valence-corrected chi connectivity index (χ4v) is 1.51. The summed E-state index contributed by atoms with van der Waals surface area (Å²) in [5, 5.41) is 5.99. The van der Waals surface area contributed by atoms with Crippen LogP contribution in [0.15, 0.2) is 24.3 Å². The van der Waals surface area contributed by atoms with Crippen molar-refractivity contribution in [1.82, 2.24) is 10.6 Å². The van der Waals surface area contributed by atoms with Crippen molar-refractivity contribution in [3.8, 4) is 0 Å². The van der Waals surface area contributed by atoms with E-state index < -0.39 is 0 Å². The van der Waals surface area contributed by atoms with Gasteiger partial charge in [0, 0.05) is 13.1 Å². The lowest BCUT2D eigenvalue weighted by atomic mass is 10.1. The molecule has 1 aromatic carbocycles. The van der Waals surface area contributed by atoms with E-state index in [4.69, 9.17) is 0 Å². The maximum absolute atomic E-state index is 11.5. The number of likely N-dealkylation sites (N-methyl/N-ethyl adjacent to an activating group) is 1. The molecule has 3 heteroatoms. The number of benzene rings is 1. The van der Waals surface area contributed by atoms with Gasteiger partial charge in [0.15, 0.2) is 0 Å². The lowest BCUT2D eigenvalue weighted by Gasteiger charge is -2.13. The predicted molar refractivity (Wildman–Crippen MR) is 66.2 cm³/mol. The van der Waals surface area contributed by atoms with Gasteiger partial charge < -0.3 is 10.6 Å². The van der Waals surface area contributed by atoms with Gasteiger partial charge in [-0.3, -0.25) is 4.79 Å². The van der Waals surface area contributed by atoms with Crippen LogP contribution >= 0.6 is 0 Å². The fraction of sp³-hybridized carbons (Fsp3) is 0.462. The Balaban J connectivity index is 2.42. The predicted octanol–water partition coefficient (Wildman–Crippen LogP) is 1.61. The van der Waals surface area contributed by atoms with Crippen LogP contribution in [0.4, 0.5) is 0 Å². The van der Waals surface area contributed by atoms with Gasteiger partial charge in [0.1, 0.15) is 0 Å². The Morgan fingerprint density at radius 1 is 1.44 bits per heavy atom. The molecular weight excluding hydrogens is 200 g/mol. The van der Waals surface area contributed by atoms with E-state index in [-0.39, 0.29) is 11.9 Å². The van der Waals surface area contributed by atoms with Gasteiger partial charge in [-0.25, -0.2) is 0 Å². The standard InChI is InChI=1S/C13H20N2O/c1-4-14-13(16)11(3)15-9-12-7-5-6-10(2)8-12/h5-8,11,15H,4,9H2,1-3H3,(H,14,16). The summed E-state index contributed by atoms with van der Waals surface area (Å²) < 4.78 is 0. The fourth-order valence-electron chi connectivity index (χ4n) is 1.51. The van der Waals surface area contributed by atoms with E-state index in [1.165, 1.54) is 11.1 Å². The molecule has 88 valence electrons. The van der Waals surface area contributed by atoms with Gasteiger partial charge >= 0.3 is 0 Å². The van der Waals surface area contributed by atoms with Gasteiger partial charge in [-0.2, -0.15) is 0 Å². The van der Waals surface area contributed by atoms with Gasteiger partial charge in [-0.1, -0.05) is 29.8 Å². The van der Waals surface area contributed by atoms with Crippen molar-refractivity contribution in [3.63, 3.8) is 0 Å². The summed E-state index contributed by atoms with van der Waals surface area (Å²) in [5.74, 6) is 0.0511. The lowest BCUT2D eigenvalue weighted by molar-refractivity contribution is -0.122. The molecule has 1 amide bonds. The highest BCUT2D eigenvalue weighted by Crippen LogP contribution is 2.03. The van der Waals surface area contributed by atoms with E-state index in [1.54, 1.807) is 0 Å². The van der Waals surface area contributed by atoms with Crippen molar-refractivity contribution in [1.29, 1.82) is 0 Å². The maximum atomic E-state index is 11.5. The molecular formula is C13H20N2O. The molecule has 0 heterocycles. The van der Waals surface area contributed by atoms with E-state index >= 15 is 0 Å². The number of hydrogen-bond acceptors (Lipinski definition) is 2. The van der Waals surface area contributed by atoms with Crippen LogP contribution in [0.2, 0.25) is 0 Å². The third kappa shape index (κ3) is 4.03. The van der Waals surface area contributed by atoms with Gasteiger partial charge in [-0.15, -0.1) is 0 Å². The maximum Gasteiger partial charge on any atom is 0.236 e. The van der Waals surface area contributed by atoms with Crippen LogP contribution in [-0.2, 0) is 11.3 Å². The zero-order valence-electron chi connectivity index (χ0n) is 10.2. The summed E-state index contributed by atoms with van der Waals surface area (Å²) >= 11 is 0. The number of hydrogen-bond donors (Lipinski definition) is 2. The first-order valence-corrected chi connectivity index (χ1v) is 5.70. The molecule has 0 bridgehead atoms. The first-order chi connectivity index (χ1) is 7.63. The van der Waals surface area contributed by atoms with Crippen molar-refractivity contribution in [2.24, 2.45) is 0 Å². The lowest BCUT2D eigenvalue weighted by Crippen LogP contribution is -2.41. The Kier molecular flexibility index (Phi) is 4.99. The molecule has 3 nitrogen and oxygen atoms in total. The molecule has 0 aliphatic carbocycles. The highest BCUT2D eigenvalue weighted by molar-refractivity contribution is 5.81. The van der Waals surface area contributed by atoms with Crippen LogP contribution in [-0.4, -0.2) is 18.5 Å². The average molecular weight is 220 g/mol. The van der Waals surface area contributed by atoms with Gasteiger partial charge in [-0.05, 0) is 26.3 Å². The molecule has 1 unspecified atom stereocenters. The minimum Gasteiger partial charge on any atom is -0.355 e. The molecule has 1 atom stereocenters. The van der Waals surface area contributed by atoms with Gasteiger partial charge in [0.2, 0.25) is 5.91 Å².